The lowest BCUT2D eigenvalue weighted by atomic mass is 9.88. The Labute approximate surface area is 302 Å². The van der Waals surface area contributed by atoms with Gasteiger partial charge in [0.15, 0.2) is 29.2 Å². The summed E-state index contributed by atoms with van der Waals surface area (Å²) in [6.07, 6.45) is -0.364. The van der Waals surface area contributed by atoms with Crippen LogP contribution >= 0.6 is 0 Å². The molecule has 0 aromatic heterocycles. The minimum atomic E-state index is -1.44. The largest absolute Gasteiger partial charge is 0.493 e. The number of anilines is 1. The average Bonchev–Trinajstić information content (AvgIpc) is 3.70. The molecule has 2 N–H and O–H groups in total. The van der Waals surface area contributed by atoms with Crippen LogP contribution in [0.15, 0.2) is 73.4 Å². The topological polar surface area (TPSA) is 148 Å². The average molecular weight is 716 g/mol. The van der Waals surface area contributed by atoms with E-state index in [1.165, 1.54) is 37.3 Å². The van der Waals surface area contributed by atoms with Gasteiger partial charge in [-0.2, -0.15) is 0 Å². The van der Waals surface area contributed by atoms with Gasteiger partial charge in [0, 0.05) is 37.1 Å². The highest BCUT2D eigenvalue weighted by Crippen LogP contribution is 2.43. The van der Waals surface area contributed by atoms with Gasteiger partial charge in [-0.05, 0) is 42.2 Å². The minimum absolute atomic E-state index is 0.101. The summed E-state index contributed by atoms with van der Waals surface area (Å²) < 4.78 is 28.9. The van der Waals surface area contributed by atoms with E-state index in [9.17, 15) is 24.6 Å². The number of ether oxygens (including phenoxy) is 5. The zero-order chi connectivity index (χ0) is 37.4. The zero-order valence-corrected chi connectivity index (χ0v) is 29.8. The molecule has 4 aliphatic rings. The number of hydrogen-bond acceptors (Lipinski definition) is 10. The third-order valence-corrected chi connectivity index (χ3v) is 10.1. The van der Waals surface area contributed by atoms with E-state index in [1.54, 1.807) is 17.0 Å². The first-order valence-electron chi connectivity index (χ1n) is 17.2. The zero-order valence-electron chi connectivity index (χ0n) is 29.8. The first kappa shape index (κ1) is 36.5. The van der Waals surface area contributed by atoms with Gasteiger partial charge in [0.1, 0.15) is 6.61 Å². The van der Waals surface area contributed by atoms with E-state index in [1.807, 2.05) is 6.92 Å². The molecule has 5 unspecified atom stereocenters. The van der Waals surface area contributed by atoms with Crippen molar-refractivity contribution in [3.05, 3.63) is 90.1 Å². The van der Waals surface area contributed by atoms with Crippen LogP contribution in [0.25, 0.3) is 0 Å². The standard InChI is InChI=1S/C39H45N3O10/c1-8-21(2)20-52-39(47)42-28-17-34(32(49-7)16-27(28)37(45)41-19-23(4)13-30(41)38(42)46)51-11-9-10-50-33-14-25-24(5)35(43)29-12-22(3)18-40(29)36(44)26(25)15-31(33)48-6/h8,14-17,24,29-30,35,38,43,46H,1-4,9-13,18-20H2,5-7H3. The molecule has 2 fully saturated rings. The van der Waals surface area contributed by atoms with Gasteiger partial charge in [0.25, 0.3) is 11.8 Å². The van der Waals surface area contributed by atoms with Crippen molar-refractivity contribution in [3.63, 3.8) is 0 Å². The highest BCUT2D eigenvalue weighted by molar-refractivity contribution is 6.06. The number of carbonyl (C=O) groups excluding carboxylic acids is 3. The van der Waals surface area contributed by atoms with Crippen LogP contribution in [0.4, 0.5) is 10.5 Å². The maximum Gasteiger partial charge on any atom is 0.416 e. The smallest absolute Gasteiger partial charge is 0.416 e. The third-order valence-electron chi connectivity index (χ3n) is 10.1. The predicted octanol–water partition coefficient (Wildman–Crippen LogP) is 4.59. The molecule has 2 aromatic carbocycles. The van der Waals surface area contributed by atoms with Crippen LogP contribution in [-0.4, -0.2) is 109 Å². The number of methoxy groups -OCH3 is 2. The molecule has 13 heteroatoms. The van der Waals surface area contributed by atoms with Crippen molar-refractivity contribution in [1.82, 2.24) is 9.80 Å². The SMILES string of the molecule is C=CC(=C)COC(=O)N1c2cc(OCCCOc3cc4c(cc3OC)C(=O)N3CC(=C)CC3C(O)C4C)c(OC)cc2C(=O)N2CC(=C)CC2C1O. The highest BCUT2D eigenvalue weighted by Gasteiger charge is 2.47. The molecular weight excluding hydrogens is 670 g/mol. The molecule has 2 aromatic rings. The number of hydrogen-bond donors (Lipinski definition) is 2. The molecule has 4 heterocycles. The van der Waals surface area contributed by atoms with E-state index in [0.29, 0.717) is 54.0 Å². The van der Waals surface area contributed by atoms with E-state index in [-0.39, 0.29) is 67.0 Å². The molecule has 5 atom stereocenters. The monoisotopic (exact) mass is 715 g/mol. The van der Waals surface area contributed by atoms with Crippen LogP contribution in [-0.2, 0) is 4.74 Å². The number of aliphatic hydroxyl groups excluding tert-OH is 2. The van der Waals surface area contributed by atoms with E-state index in [2.05, 4.69) is 26.3 Å². The molecule has 0 bridgehead atoms. The van der Waals surface area contributed by atoms with Gasteiger partial charge in [0.2, 0.25) is 0 Å². The van der Waals surface area contributed by atoms with Crippen molar-refractivity contribution in [2.45, 2.75) is 56.5 Å². The number of benzene rings is 2. The molecule has 2 saturated heterocycles. The molecule has 13 nitrogen and oxygen atoms in total. The Morgan fingerprint density at radius 2 is 1.42 bits per heavy atom. The van der Waals surface area contributed by atoms with Gasteiger partial charge in [-0.3, -0.25) is 9.59 Å². The molecule has 0 saturated carbocycles. The Hall–Kier alpha value is -5.27. The Kier molecular flexibility index (Phi) is 10.4. The van der Waals surface area contributed by atoms with Crippen molar-refractivity contribution >= 4 is 23.6 Å². The summed E-state index contributed by atoms with van der Waals surface area (Å²) >= 11 is 0. The molecular formula is C39H45N3O10. The first-order chi connectivity index (χ1) is 24.9. The fourth-order valence-corrected chi connectivity index (χ4v) is 7.33. The van der Waals surface area contributed by atoms with Gasteiger partial charge in [0.05, 0.1) is 56.9 Å². The van der Waals surface area contributed by atoms with Gasteiger partial charge in [-0.25, -0.2) is 9.69 Å². The number of nitrogens with zero attached hydrogens (tertiary/aromatic N) is 3. The molecule has 6 rings (SSSR count). The summed E-state index contributed by atoms with van der Waals surface area (Å²) in [7, 11) is 2.94. The summed E-state index contributed by atoms with van der Waals surface area (Å²) in [6.45, 7) is 18.1. The third kappa shape index (κ3) is 6.61. The second-order valence-corrected chi connectivity index (χ2v) is 13.5. The van der Waals surface area contributed by atoms with E-state index in [4.69, 9.17) is 23.7 Å². The number of carbonyl (C=O) groups is 3. The normalized spacial score (nSPS) is 23.6. The molecule has 276 valence electrons. The summed E-state index contributed by atoms with van der Waals surface area (Å²) in [6, 6.07) is 5.32. The molecule has 3 amide bonds. The number of fused-ring (bicyclic) bond motifs is 4. The number of aliphatic hydroxyl groups is 2. The van der Waals surface area contributed by atoms with Crippen LogP contribution in [0.2, 0.25) is 0 Å². The maximum absolute atomic E-state index is 13.8. The Balaban J connectivity index is 1.20. The summed E-state index contributed by atoms with van der Waals surface area (Å²) in [5, 5.41) is 22.7. The summed E-state index contributed by atoms with van der Waals surface area (Å²) in [5.74, 6) is 0.375. The predicted molar refractivity (Wildman–Crippen MR) is 192 cm³/mol. The van der Waals surface area contributed by atoms with Crippen LogP contribution in [0, 0.1) is 0 Å². The van der Waals surface area contributed by atoms with Crippen molar-refractivity contribution < 1.29 is 48.3 Å². The second-order valence-electron chi connectivity index (χ2n) is 13.5. The lowest BCUT2D eigenvalue weighted by molar-refractivity contribution is 0.0464. The second kappa shape index (κ2) is 14.8. The van der Waals surface area contributed by atoms with Crippen molar-refractivity contribution in [1.29, 1.82) is 0 Å². The highest BCUT2D eigenvalue weighted by atomic mass is 16.6. The van der Waals surface area contributed by atoms with Gasteiger partial charge in [-0.15, -0.1) is 0 Å². The number of amides is 3. The molecule has 0 radical (unpaired) electrons. The van der Waals surface area contributed by atoms with Crippen LogP contribution in [0.5, 0.6) is 23.0 Å². The Bertz CT molecular complexity index is 1840. The lowest BCUT2D eigenvalue weighted by Crippen LogP contribution is -2.51. The Morgan fingerprint density at radius 1 is 0.865 bits per heavy atom. The fourth-order valence-electron chi connectivity index (χ4n) is 7.33. The molecule has 0 spiro atoms. The van der Waals surface area contributed by atoms with Crippen molar-refractivity contribution in [2.75, 3.05) is 52.0 Å². The van der Waals surface area contributed by atoms with E-state index in [0.717, 1.165) is 16.0 Å². The van der Waals surface area contributed by atoms with Crippen molar-refractivity contribution in [3.8, 4) is 23.0 Å². The minimum Gasteiger partial charge on any atom is -0.493 e. The van der Waals surface area contributed by atoms with Crippen LogP contribution < -0.4 is 23.8 Å². The molecule has 0 aliphatic carbocycles. The number of rotatable bonds is 11. The lowest BCUT2D eigenvalue weighted by Gasteiger charge is -2.31. The molecule has 4 aliphatic heterocycles. The van der Waals surface area contributed by atoms with Crippen LogP contribution in [0.1, 0.15) is 58.4 Å². The summed E-state index contributed by atoms with van der Waals surface area (Å²) in [4.78, 5) is 45.0. The first-order valence-corrected chi connectivity index (χ1v) is 17.2. The van der Waals surface area contributed by atoms with E-state index < -0.39 is 30.4 Å². The van der Waals surface area contributed by atoms with Crippen LogP contribution in [0.3, 0.4) is 0 Å². The van der Waals surface area contributed by atoms with Gasteiger partial charge < -0.3 is 43.7 Å². The molecule has 52 heavy (non-hydrogen) atoms. The Morgan fingerprint density at radius 3 is 2.04 bits per heavy atom. The summed E-state index contributed by atoms with van der Waals surface area (Å²) in [5.41, 5.74) is 3.49. The maximum atomic E-state index is 13.8. The van der Waals surface area contributed by atoms with Gasteiger partial charge in [-0.1, -0.05) is 50.5 Å². The fraction of sp³-hybridized carbons (Fsp3) is 0.410. The van der Waals surface area contributed by atoms with Crippen molar-refractivity contribution in [2.24, 2.45) is 0 Å². The van der Waals surface area contributed by atoms with E-state index >= 15 is 0 Å². The van der Waals surface area contributed by atoms with Gasteiger partial charge >= 0.3 is 6.09 Å². The quantitative estimate of drug-likeness (QED) is 0.192.